The summed E-state index contributed by atoms with van der Waals surface area (Å²) in [6.45, 7) is 11.9. The highest BCUT2D eigenvalue weighted by Gasteiger charge is 2.61. The van der Waals surface area contributed by atoms with Crippen LogP contribution in [0.1, 0.15) is 86.0 Å². The van der Waals surface area contributed by atoms with Crippen LogP contribution in [0.15, 0.2) is 11.1 Å². The van der Waals surface area contributed by atoms with Gasteiger partial charge in [-0.25, -0.2) is 0 Å². The van der Waals surface area contributed by atoms with Crippen LogP contribution in [0, 0.1) is 40.4 Å². The summed E-state index contributed by atoms with van der Waals surface area (Å²) in [6, 6.07) is 0. The van der Waals surface area contributed by atoms with Crippen molar-refractivity contribution in [1.29, 1.82) is 0 Å². The lowest BCUT2D eigenvalue weighted by Gasteiger charge is -2.59. The molecule has 0 aromatic heterocycles. The van der Waals surface area contributed by atoms with E-state index in [1.54, 1.807) is 5.57 Å². The SMILES string of the molecule is CC(C)=C1CC[C@H]2[C@@H]3CC[C@H]4C[C@H](C)CC[C@]4(C)[C@H]3C(=O)C[C@]12C. The highest BCUT2D eigenvalue weighted by atomic mass is 16.1. The maximum Gasteiger partial charge on any atom is 0.137 e. The number of fused-ring (bicyclic) bond motifs is 5. The molecule has 134 valence electrons. The van der Waals surface area contributed by atoms with Gasteiger partial charge in [0, 0.05) is 12.3 Å². The molecule has 0 aromatic rings. The van der Waals surface area contributed by atoms with Crippen molar-refractivity contribution in [3.63, 3.8) is 0 Å². The minimum absolute atomic E-state index is 0.183. The zero-order valence-corrected chi connectivity index (χ0v) is 16.5. The quantitative estimate of drug-likeness (QED) is 0.485. The first-order valence-corrected chi connectivity index (χ1v) is 10.5. The predicted molar refractivity (Wildman–Crippen MR) is 99.7 cm³/mol. The summed E-state index contributed by atoms with van der Waals surface area (Å²) in [5.74, 6) is 4.11. The summed E-state index contributed by atoms with van der Waals surface area (Å²) < 4.78 is 0. The molecule has 0 saturated heterocycles. The largest absolute Gasteiger partial charge is 0.299 e. The van der Waals surface area contributed by atoms with Crippen molar-refractivity contribution in [2.24, 2.45) is 40.4 Å². The second-order valence-electron chi connectivity index (χ2n) is 10.5. The maximum atomic E-state index is 13.5. The molecule has 0 N–H and O–H groups in total. The molecule has 0 amide bonds. The van der Waals surface area contributed by atoms with Crippen molar-refractivity contribution >= 4 is 5.78 Å². The van der Waals surface area contributed by atoms with Gasteiger partial charge in [-0.05, 0) is 86.9 Å². The van der Waals surface area contributed by atoms with E-state index >= 15 is 0 Å². The van der Waals surface area contributed by atoms with Gasteiger partial charge in [0.15, 0.2) is 0 Å². The van der Waals surface area contributed by atoms with Crippen molar-refractivity contribution in [1.82, 2.24) is 0 Å². The molecule has 4 fully saturated rings. The molecule has 24 heavy (non-hydrogen) atoms. The Morgan fingerprint density at radius 1 is 1.08 bits per heavy atom. The van der Waals surface area contributed by atoms with Gasteiger partial charge in [-0.1, -0.05) is 38.3 Å². The monoisotopic (exact) mass is 328 g/mol. The third-order valence-electron chi connectivity index (χ3n) is 9.00. The van der Waals surface area contributed by atoms with E-state index in [9.17, 15) is 4.79 Å². The minimum atomic E-state index is 0.183. The highest BCUT2D eigenvalue weighted by Crippen LogP contribution is 2.66. The molecule has 0 heterocycles. The number of ketones is 1. The van der Waals surface area contributed by atoms with Crippen LogP contribution in [0.5, 0.6) is 0 Å². The van der Waals surface area contributed by atoms with Crippen LogP contribution in [0.2, 0.25) is 0 Å². The van der Waals surface area contributed by atoms with Crippen molar-refractivity contribution in [3.05, 3.63) is 11.1 Å². The molecule has 0 bridgehead atoms. The average Bonchev–Trinajstić information content (AvgIpc) is 2.84. The second-order valence-corrected chi connectivity index (χ2v) is 10.5. The summed E-state index contributed by atoms with van der Waals surface area (Å²) in [5, 5.41) is 0. The van der Waals surface area contributed by atoms with Gasteiger partial charge < -0.3 is 0 Å². The molecule has 4 aliphatic carbocycles. The molecule has 0 aromatic carbocycles. The number of carbonyl (C=O) groups is 1. The first kappa shape index (κ1) is 16.9. The standard InChI is InChI=1S/C23H36O/c1-14(2)18-8-9-19-17-7-6-16-12-15(3)10-11-22(16,4)21(17)20(24)13-23(18,19)5/h15-17,19,21H,6-13H2,1-5H3/t15-,16+,17+,19+,21-,22+,23-/m1/s1. The van der Waals surface area contributed by atoms with E-state index in [-0.39, 0.29) is 5.41 Å². The first-order valence-electron chi connectivity index (χ1n) is 10.5. The summed E-state index contributed by atoms with van der Waals surface area (Å²) in [6.07, 6.45) is 10.1. The lowest BCUT2D eigenvalue weighted by molar-refractivity contribution is -0.154. The van der Waals surface area contributed by atoms with Crippen molar-refractivity contribution in [3.8, 4) is 0 Å². The lowest BCUT2D eigenvalue weighted by atomic mass is 9.44. The summed E-state index contributed by atoms with van der Waals surface area (Å²) in [7, 11) is 0. The molecule has 1 nitrogen and oxygen atoms in total. The molecule has 4 rings (SSSR count). The van der Waals surface area contributed by atoms with Crippen LogP contribution in [0.4, 0.5) is 0 Å². The van der Waals surface area contributed by atoms with Gasteiger partial charge in [0.2, 0.25) is 0 Å². The van der Waals surface area contributed by atoms with E-state index in [0.717, 1.165) is 24.2 Å². The average molecular weight is 329 g/mol. The van der Waals surface area contributed by atoms with Crippen LogP contribution >= 0.6 is 0 Å². The summed E-state index contributed by atoms with van der Waals surface area (Å²) in [4.78, 5) is 13.5. The third-order valence-corrected chi connectivity index (χ3v) is 9.00. The smallest absolute Gasteiger partial charge is 0.137 e. The van der Waals surface area contributed by atoms with Gasteiger partial charge in [-0.3, -0.25) is 4.79 Å². The van der Waals surface area contributed by atoms with E-state index in [1.165, 1.54) is 50.5 Å². The Kier molecular flexibility index (Phi) is 3.83. The van der Waals surface area contributed by atoms with Gasteiger partial charge in [0.25, 0.3) is 0 Å². The number of hydrogen-bond donors (Lipinski definition) is 0. The number of rotatable bonds is 0. The molecule has 7 atom stereocenters. The number of hydrogen-bond acceptors (Lipinski definition) is 1. The molecular formula is C23H36O. The van der Waals surface area contributed by atoms with Gasteiger partial charge in [0.1, 0.15) is 5.78 Å². The first-order chi connectivity index (χ1) is 11.3. The zero-order chi connectivity index (χ0) is 17.3. The van der Waals surface area contributed by atoms with Crippen molar-refractivity contribution in [2.45, 2.75) is 86.0 Å². The molecule has 0 spiro atoms. The van der Waals surface area contributed by atoms with Gasteiger partial charge >= 0.3 is 0 Å². The summed E-state index contributed by atoms with van der Waals surface area (Å²) in [5.41, 5.74) is 3.60. The molecule has 0 unspecified atom stereocenters. The van der Waals surface area contributed by atoms with E-state index in [0.29, 0.717) is 23.0 Å². The number of Topliss-reactive ketones (excluding diaryl/α,β-unsaturated/α-hetero) is 1. The van der Waals surface area contributed by atoms with E-state index in [4.69, 9.17) is 0 Å². The van der Waals surface area contributed by atoms with Gasteiger partial charge in [0.05, 0.1) is 0 Å². The Morgan fingerprint density at radius 2 is 1.83 bits per heavy atom. The molecule has 0 aliphatic heterocycles. The van der Waals surface area contributed by atoms with Crippen LogP contribution in [0.25, 0.3) is 0 Å². The van der Waals surface area contributed by atoms with E-state index in [1.807, 2.05) is 0 Å². The molecule has 4 saturated carbocycles. The van der Waals surface area contributed by atoms with Crippen LogP contribution < -0.4 is 0 Å². The lowest BCUT2D eigenvalue weighted by Crippen LogP contribution is -2.56. The fourth-order valence-electron chi connectivity index (χ4n) is 7.93. The number of allylic oxidation sites excluding steroid dienone is 2. The highest BCUT2D eigenvalue weighted by molar-refractivity contribution is 5.85. The molecule has 0 radical (unpaired) electrons. The van der Waals surface area contributed by atoms with Crippen molar-refractivity contribution < 1.29 is 4.79 Å². The Labute approximate surface area is 148 Å². The Bertz CT molecular complexity index is 583. The van der Waals surface area contributed by atoms with Gasteiger partial charge in [-0.15, -0.1) is 0 Å². The third kappa shape index (κ3) is 2.15. The van der Waals surface area contributed by atoms with Crippen LogP contribution in [0.3, 0.4) is 0 Å². The number of carbonyl (C=O) groups excluding carboxylic acids is 1. The van der Waals surface area contributed by atoms with Crippen LogP contribution in [-0.4, -0.2) is 5.78 Å². The second kappa shape index (κ2) is 5.45. The van der Waals surface area contributed by atoms with Crippen LogP contribution in [-0.2, 0) is 4.79 Å². The zero-order valence-electron chi connectivity index (χ0n) is 16.5. The Balaban J connectivity index is 1.71. The fourth-order valence-corrected chi connectivity index (χ4v) is 7.93. The normalized spacial score (nSPS) is 51.0. The topological polar surface area (TPSA) is 17.1 Å². The predicted octanol–water partition coefficient (Wildman–Crippen LogP) is 6.18. The maximum absolute atomic E-state index is 13.5. The molecule has 4 aliphatic rings. The molecule has 1 heteroatoms. The van der Waals surface area contributed by atoms with Crippen molar-refractivity contribution in [2.75, 3.05) is 0 Å². The minimum Gasteiger partial charge on any atom is -0.299 e. The summed E-state index contributed by atoms with van der Waals surface area (Å²) >= 11 is 0. The fraction of sp³-hybridized carbons (Fsp3) is 0.870. The van der Waals surface area contributed by atoms with E-state index < -0.39 is 0 Å². The van der Waals surface area contributed by atoms with E-state index in [2.05, 4.69) is 34.6 Å². The Hall–Kier alpha value is -0.590. The Morgan fingerprint density at radius 3 is 2.54 bits per heavy atom. The van der Waals surface area contributed by atoms with Gasteiger partial charge in [-0.2, -0.15) is 0 Å². The molecular weight excluding hydrogens is 292 g/mol.